The van der Waals surface area contributed by atoms with Crippen LogP contribution in [0.1, 0.15) is 125 Å². The van der Waals surface area contributed by atoms with Crippen LogP contribution in [0.4, 0.5) is 0 Å². The molecule has 1 unspecified atom stereocenters. The zero-order valence-electron chi connectivity index (χ0n) is 22.4. The van der Waals surface area contributed by atoms with E-state index >= 15 is 0 Å². The van der Waals surface area contributed by atoms with Crippen LogP contribution in [-0.2, 0) is 23.8 Å². The number of hydrogen-bond acceptors (Lipinski definition) is 5. The van der Waals surface area contributed by atoms with E-state index in [1.807, 2.05) is 41.5 Å². The fourth-order valence-corrected chi connectivity index (χ4v) is 4.77. The van der Waals surface area contributed by atoms with E-state index in [0.717, 1.165) is 32.1 Å². The van der Waals surface area contributed by atoms with Gasteiger partial charge < -0.3 is 14.2 Å². The Morgan fingerprint density at radius 3 is 1.55 bits per heavy atom. The van der Waals surface area contributed by atoms with Gasteiger partial charge in [-0.15, -0.1) is 0 Å². The van der Waals surface area contributed by atoms with Gasteiger partial charge in [0.15, 0.2) is 0 Å². The molecule has 0 saturated carbocycles. The minimum absolute atomic E-state index is 0.00291. The van der Waals surface area contributed by atoms with Crippen molar-refractivity contribution in [1.82, 2.24) is 4.90 Å². The first-order chi connectivity index (χ1) is 15.7. The van der Waals surface area contributed by atoms with Gasteiger partial charge >= 0.3 is 0 Å². The average molecular weight is 470 g/mol. The van der Waals surface area contributed by atoms with Crippen molar-refractivity contribution >= 4 is 11.8 Å². The standard InChI is InChI=1S/C27H51NO5/c1-7-31-27(32-8-2,33-9-3)21-19-17-15-13-11-10-12-14-16-18-20-23-22-24(29)28(25(23)30)26(4,5)6/h23H,7-22H2,1-6H3. The molecule has 1 saturated heterocycles. The minimum atomic E-state index is -0.861. The third kappa shape index (κ3) is 10.9. The van der Waals surface area contributed by atoms with Crippen molar-refractivity contribution in [3.8, 4) is 0 Å². The number of hydrogen-bond donors (Lipinski definition) is 0. The lowest BCUT2D eigenvalue weighted by Crippen LogP contribution is -2.45. The largest absolute Gasteiger partial charge is 0.328 e. The predicted octanol–water partition coefficient (Wildman–Crippen LogP) is 6.60. The number of ether oxygens (including phenoxy) is 3. The Morgan fingerprint density at radius 1 is 0.727 bits per heavy atom. The molecular weight excluding hydrogens is 418 g/mol. The molecule has 0 aromatic heterocycles. The van der Waals surface area contributed by atoms with Gasteiger partial charge in [0, 0.05) is 44.1 Å². The van der Waals surface area contributed by atoms with E-state index in [2.05, 4.69) is 0 Å². The van der Waals surface area contributed by atoms with Gasteiger partial charge in [-0.1, -0.05) is 57.8 Å². The van der Waals surface area contributed by atoms with Crippen molar-refractivity contribution in [3.63, 3.8) is 0 Å². The molecule has 1 rings (SSSR count). The van der Waals surface area contributed by atoms with E-state index in [4.69, 9.17) is 14.2 Å². The monoisotopic (exact) mass is 469 g/mol. The summed E-state index contributed by atoms with van der Waals surface area (Å²) in [6, 6.07) is 0. The van der Waals surface area contributed by atoms with Gasteiger partial charge in [0.25, 0.3) is 5.97 Å². The highest BCUT2D eigenvalue weighted by Gasteiger charge is 2.43. The van der Waals surface area contributed by atoms with Crippen LogP contribution in [0, 0.1) is 5.92 Å². The van der Waals surface area contributed by atoms with Gasteiger partial charge in [0.05, 0.1) is 0 Å². The molecule has 1 aliphatic rings. The highest BCUT2D eigenvalue weighted by molar-refractivity contribution is 6.04. The van der Waals surface area contributed by atoms with Crippen molar-refractivity contribution in [2.24, 2.45) is 5.92 Å². The number of amides is 2. The van der Waals surface area contributed by atoms with Crippen molar-refractivity contribution in [2.75, 3.05) is 19.8 Å². The Hall–Kier alpha value is -0.980. The zero-order valence-corrected chi connectivity index (χ0v) is 22.4. The van der Waals surface area contributed by atoms with Gasteiger partial charge in [-0.05, 0) is 54.4 Å². The van der Waals surface area contributed by atoms with E-state index in [9.17, 15) is 9.59 Å². The first kappa shape index (κ1) is 30.1. The quantitative estimate of drug-likeness (QED) is 0.121. The summed E-state index contributed by atoms with van der Waals surface area (Å²) in [5.41, 5.74) is -0.401. The summed E-state index contributed by atoms with van der Waals surface area (Å²) in [6.45, 7) is 13.5. The molecule has 194 valence electrons. The summed E-state index contributed by atoms with van der Waals surface area (Å²) < 4.78 is 17.4. The molecule has 33 heavy (non-hydrogen) atoms. The van der Waals surface area contributed by atoms with Crippen molar-refractivity contribution in [1.29, 1.82) is 0 Å². The molecular formula is C27H51NO5. The first-order valence-electron chi connectivity index (χ1n) is 13.5. The van der Waals surface area contributed by atoms with Crippen LogP contribution in [0.25, 0.3) is 0 Å². The van der Waals surface area contributed by atoms with Crippen molar-refractivity contribution in [2.45, 2.75) is 137 Å². The maximum Gasteiger partial charge on any atom is 0.282 e. The van der Waals surface area contributed by atoms with Crippen LogP contribution in [0.15, 0.2) is 0 Å². The van der Waals surface area contributed by atoms with Crippen LogP contribution in [0.3, 0.4) is 0 Å². The number of carbonyl (C=O) groups excluding carboxylic acids is 2. The van der Waals surface area contributed by atoms with Gasteiger partial charge in [-0.3, -0.25) is 14.5 Å². The van der Waals surface area contributed by atoms with Crippen LogP contribution in [0.2, 0.25) is 0 Å². The molecule has 0 spiro atoms. The Morgan fingerprint density at radius 2 is 1.15 bits per heavy atom. The van der Waals surface area contributed by atoms with Gasteiger partial charge in [-0.2, -0.15) is 0 Å². The second-order valence-corrected chi connectivity index (χ2v) is 10.2. The van der Waals surface area contributed by atoms with Gasteiger partial charge in [0.2, 0.25) is 11.8 Å². The molecule has 1 atom stereocenters. The smallest absolute Gasteiger partial charge is 0.282 e. The molecule has 1 aliphatic heterocycles. The number of carbonyl (C=O) groups is 2. The number of nitrogens with zero attached hydrogens (tertiary/aromatic N) is 1. The minimum Gasteiger partial charge on any atom is -0.328 e. The number of unbranched alkanes of at least 4 members (excludes halogenated alkanes) is 9. The number of rotatable bonds is 19. The van der Waals surface area contributed by atoms with E-state index in [-0.39, 0.29) is 17.7 Å². The predicted molar refractivity (Wildman–Crippen MR) is 133 cm³/mol. The third-order valence-electron chi connectivity index (χ3n) is 6.29. The Bertz CT molecular complexity index is 540. The molecule has 0 aliphatic carbocycles. The van der Waals surface area contributed by atoms with Crippen molar-refractivity contribution < 1.29 is 23.8 Å². The number of imide groups is 1. The van der Waals surface area contributed by atoms with Crippen molar-refractivity contribution in [3.05, 3.63) is 0 Å². The van der Waals surface area contributed by atoms with E-state index in [1.54, 1.807) is 0 Å². The van der Waals surface area contributed by atoms with Crippen LogP contribution < -0.4 is 0 Å². The van der Waals surface area contributed by atoms with Crippen LogP contribution in [0.5, 0.6) is 0 Å². The molecule has 6 nitrogen and oxygen atoms in total. The highest BCUT2D eigenvalue weighted by atomic mass is 16.9. The summed E-state index contributed by atoms with van der Waals surface area (Å²) in [5, 5.41) is 0. The Kier molecular flexibility index (Phi) is 14.4. The Labute approximate surface area is 203 Å². The lowest BCUT2D eigenvalue weighted by atomic mass is 9.98. The summed E-state index contributed by atoms with van der Waals surface area (Å²) in [4.78, 5) is 26.2. The molecule has 0 bridgehead atoms. The lowest BCUT2D eigenvalue weighted by molar-refractivity contribution is -0.380. The average Bonchev–Trinajstić information content (AvgIpc) is 3.02. The maximum absolute atomic E-state index is 12.5. The highest BCUT2D eigenvalue weighted by Crippen LogP contribution is 2.30. The fraction of sp³-hybridized carbons (Fsp3) is 0.926. The zero-order chi connectivity index (χ0) is 24.7. The summed E-state index contributed by atoms with van der Waals surface area (Å²) >= 11 is 0. The van der Waals surface area contributed by atoms with Gasteiger partial charge in [0.1, 0.15) is 0 Å². The molecule has 2 amide bonds. The summed E-state index contributed by atoms with van der Waals surface area (Å²) in [5.74, 6) is -0.923. The molecule has 0 N–H and O–H groups in total. The summed E-state index contributed by atoms with van der Waals surface area (Å²) in [6.07, 6.45) is 14.0. The maximum atomic E-state index is 12.5. The molecule has 0 aromatic carbocycles. The van der Waals surface area contributed by atoms with E-state index < -0.39 is 11.5 Å². The summed E-state index contributed by atoms with van der Waals surface area (Å²) in [7, 11) is 0. The second-order valence-electron chi connectivity index (χ2n) is 10.2. The molecule has 1 heterocycles. The topological polar surface area (TPSA) is 65.1 Å². The lowest BCUT2D eigenvalue weighted by Gasteiger charge is -2.32. The third-order valence-corrected chi connectivity index (χ3v) is 6.29. The van der Waals surface area contributed by atoms with Crippen LogP contribution in [-0.4, -0.2) is 48.0 Å². The molecule has 0 aromatic rings. The van der Waals surface area contributed by atoms with Gasteiger partial charge in [-0.25, -0.2) is 0 Å². The normalized spacial score (nSPS) is 17.4. The Balaban J connectivity index is 2.05. The molecule has 0 radical (unpaired) electrons. The molecule has 1 fully saturated rings. The first-order valence-corrected chi connectivity index (χ1v) is 13.5. The van der Waals surface area contributed by atoms with E-state index in [0.29, 0.717) is 26.2 Å². The van der Waals surface area contributed by atoms with E-state index in [1.165, 1.54) is 49.8 Å². The number of likely N-dealkylation sites (tertiary alicyclic amines) is 1. The SMILES string of the molecule is CCOC(CCCCCCCCCCCCC1CC(=O)N(C(C)(C)C)C1=O)(OCC)OCC. The molecule has 6 heteroatoms. The van der Waals surface area contributed by atoms with Crippen LogP contribution >= 0.6 is 0 Å². The second kappa shape index (κ2) is 15.8. The fourth-order valence-electron chi connectivity index (χ4n) is 4.77.